The van der Waals surface area contributed by atoms with E-state index in [1.54, 1.807) is 4.90 Å². The molecule has 1 aromatic rings. The van der Waals surface area contributed by atoms with Gasteiger partial charge in [0.05, 0.1) is 17.9 Å². The summed E-state index contributed by atoms with van der Waals surface area (Å²) in [5, 5.41) is 6.42. The molecule has 3 saturated heterocycles. The lowest BCUT2D eigenvalue weighted by atomic mass is 9.73. The van der Waals surface area contributed by atoms with Crippen molar-refractivity contribution in [2.24, 2.45) is 23.7 Å². The largest absolute Gasteiger partial charge is 0.359 e. The number of likely N-dealkylation sites (tertiary alicyclic amines) is 2. The maximum atomic E-state index is 14.3. The average Bonchev–Trinajstić information content (AvgIpc) is 3.61. The highest BCUT2D eigenvalue weighted by Gasteiger charge is 2.72. The Kier molecular flexibility index (Phi) is 8.22. The number of aryl methyl sites for hydroxylation is 2. The third-order valence-corrected chi connectivity index (χ3v) is 11.1. The van der Waals surface area contributed by atoms with Gasteiger partial charge in [-0.25, -0.2) is 0 Å². The van der Waals surface area contributed by atoms with Gasteiger partial charge in [0, 0.05) is 18.3 Å². The van der Waals surface area contributed by atoms with E-state index in [2.05, 4.69) is 29.4 Å². The molecule has 4 aliphatic heterocycles. The molecule has 3 amide bonds. The number of hydrogen-bond acceptors (Lipinski definition) is 5. The van der Waals surface area contributed by atoms with Crippen LogP contribution in [0.3, 0.4) is 0 Å². The summed E-state index contributed by atoms with van der Waals surface area (Å²) >= 11 is 0. The van der Waals surface area contributed by atoms with Crippen LogP contribution in [0.4, 0.5) is 5.69 Å². The Bertz CT molecular complexity index is 1240. The lowest BCUT2D eigenvalue weighted by Gasteiger charge is -2.38. The lowest BCUT2D eigenvalue weighted by Crippen LogP contribution is -2.58. The van der Waals surface area contributed by atoms with E-state index in [0.29, 0.717) is 24.1 Å². The number of rotatable bonds is 8. The van der Waals surface area contributed by atoms with E-state index in [0.717, 1.165) is 50.0 Å². The summed E-state index contributed by atoms with van der Waals surface area (Å²) in [6, 6.07) is 5.14. The highest BCUT2D eigenvalue weighted by molar-refractivity contribution is 6.02. The van der Waals surface area contributed by atoms with E-state index in [1.165, 1.54) is 25.7 Å². The number of carbonyl (C=O) groups excluding carboxylic acids is 3. The van der Waals surface area contributed by atoms with Crippen molar-refractivity contribution >= 4 is 23.4 Å². The van der Waals surface area contributed by atoms with E-state index in [9.17, 15) is 14.4 Å². The summed E-state index contributed by atoms with van der Waals surface area (Å²) in [6.07, 6.45) is 11.0. The van der Waals surface area contributed by atoms with Gasteiger partial charge >= 0.3 is 0 Å². The molecule has 8 atom stereocenters. The molecule has 1 saturated carbocycles. The quantitative estimate of drug-likeness (QED) is 0.453. The minimum absolute atomic E-state index is 0.0773. The minimum Gasteiger partial charge on any atom is -0.359 e. The van der Waals surface area contributed by atoms with Gasteiger partial charge in [0.15, 0.2) is 0 Å². The number of carbonyl (C=O) groups is 3. The molecule has 4 heterocycles. The summed E-state index contributed by atoms with van der Waals surface area (Å²) in [5.74, 6) is -0.989. The van der Waals surface area contributed by atoms with Crippen LogP contribution in [0.5, 0.6) is 0 Å². The fourth-order valence-electron chi connectivity index (χ4n) is 8.25. The zero-order chi connectivity index (χ0) is 29.6. The predicted octanol–water partition coefficient (Wildman–Crippen LogP) is 4.21. The molecule has 1 aliphatic carbocycles. The fourth-order valence-corrected chi connectivity index (χ4v) is 8.25. The zero-order valence-electron chi connectivity index (χ0n) is 25.7. The van der Waals surface area contributed by atoms with Gasteiger partial charge in [0.25, 0.3) is 0 Å². The van der Waals surface area contributed by atoms with Crippen LogP contribution < -0.4 is 10.6 Å². The first kappa shape index (κ1) is 29.4. The van der Waals surface area contributed by atoms with Gasteiger partial charge in [0.2, 0.25) is 17.7 Å². The van der Waals surface area contributed by atoms with Gasteiger partial charge in [0.1, 0.15) is 11.6 Å². The smallest absolute Gasteiger partial charge is 0.246 e. The number of hydrogen-bond donors (Lipinski definition) is 2. The molecule has 6 rings (SSSR count). The Morgan fingerprint density at radius 3 is 2.55 bits per heavy atom. The molecule has 2 N–H and O–H groups in total. The number of benzene rings is 1. The Balaban J connectivity index is 1.25. The SMILES string of the molecule is Cc1ccc(NC(=O)C2C3C=CC4(O3)C2C(=O)N(CCCN2CCCCC2)C4C(=O)NC2CCCC(C)C2C)cc1C. The highest BCUT2D eigenvalue weighted by Crippen LogP contribution is 2.55. The molecule has 1 spiro atoms. The van der Waals surface area contributed by atoms with Gasteiger partial charge in [-0.2, -0.15) is 0 Å². The van der Waals surface area contributed by atoms with Crippen LogP contribution >= 0.6 is 0 Å². The fraction of sp³-hybridized carbons (Fsp3) is 0.676. The molecular formula is C34H48N4O4. The van der Waals surface area contributed by atoms with E-state index in [1.807, 2.05) is 44.2 Å². The Labute approximate surface area is 250 Å². The Morgan fingerprint density at radius 2 is 1.79 bits per heavy atom. The first-order chi connectivity index (χ1) is 20.2. The molecule has 42 heavy (non-hydrogen) atoms. The summed E-state index contributed by atoms with van der Waals surface area (Å²) in [6.45, 7) is 12.1. The van der Waals surface area contributed by atoms with Crippen LogP contribution in [0.25, 0.3) is 0 Å². The standard InChI is InChI=1S/C34H48N4O4/c1-21-12-13-25(20-23(21)3)35-31(39)28-27-14-15-34(42-27)29(28)33(41)38(19-9-18-37-16-6-5-7-17-37)30(34)32(40)36-26-11-8-10-22(2)24(26)4/h12-15,20,22,24,26-30H,5-11,16-19H2,1-4H3,(H,35,39)(H,36,40). The van der Waals surface area contributed by atoms with Crippen LogP contribution in [0.1, 0.15) is 69.9 Å². The van der Waals surface area contributed by atoms with Crippen LogP contribution in [-0.4, -0.2) is 77.5 Å². The summed E-state index contributed by atoms with van der Waals surface area (Å²) in [4.78, 5) is 46.5. The van der Waals surface area contributed by atoms with Crippen LogP contribution in [-0.2, 0) is 19.1 Å². The van der Waals surface area contributed by atoms with Crippen molar-refractivity contribution in [3.05, 3.63) is 41.5 Å². The van der Waals surface area contributed by atoms with Crippen molar-refractivity contribution in [2.75, 3.05) is 31.5 Å². The number of nitrogens with one attached hydrogen (secondary N) is 2. The second-order valence-electron chi connectivity index (χ2n) is 13.7. The third-order valence-electron chi connectivity index (χ3n) is 11.1. The Hall–Kier alpha value is -2.71. The molecule has 8 heteroatoms. The van der Waals surface area contributed by atoms with Crippen LogP contribution in [0.2, 0.25) is 0 Å². The minimum atomic E-state index is -1.12. The van der Waals surface area contributed by atoms with Gasteiger partial charge in [-0.05, 0) is 94.3 Å². The summed E-state index contributed by atoms with van der Waals surface area (Å²) < 4.78 is 6.56. The third kappa shape index (κ3) is 5.19. The molecule has 5 aliphatic rings. The van der Waals surface area contributed by atoms with Gasteiger partial charge in [-0.3, -0.25) is 14.4 Å². The highest BCUT2D eigenvalue weighted by atomic mass is 16.5. The second-order valence-corrected chi connectivity index (χ2v) is 13.7. The number of amides is 3. The number of anilines is 1. The normalized spacial score (nSPS) is 35.9. The second kappa shape index (κ2) is 11.8. The van der Waals surface area contributed by atoms with Crippen LogP contribution in [0, 0.1) is 37.5 Å². The molecule has 8 unspecified atom stereocenters. The van der Waals surface area contributed by atoms with Crippen molar-refractivity contribution < 1.29 is 19.1 Å². The Morgan fingerprint density at radius 1 is 1.00 bits per heavy atom. The monoisotopic (exact) mass is 576 g/mol. The first-order valence-corrected chi connectivity index (χ1v) is 16.3. The molecule has 1 aromatic carbocycles. The lowest BCUT2D eigenvalue weighted by molar-refractivity contribution is -0.141. The van der Waals surface area contributed by atoms with Crippen molar-refractivity contribution in [1.82, 2.24) is 15.1 Å². The van der Waals surface area contributed by atoms with Gasteiger partial charge in [-0.15, -0.1) is 0 Å². The zero-order valence-corrected chi connectivity index (χ0v) is 25.7. The molecule has 0 aromatic heterocycles. The number of ether oxygens (including phenoxy) is 1. The van der Waals surface area contributed by atoms with Crippen LogP contribution in [0.15, 0.2) is 30.4 Å². The maximum Gasteiger partial charge on any atom is 0.246 e. The number of nitrogens with zero attached hydrogens (tertiary/aromatic N) is 2. The predicted molar refractivity (Wildman–Crippen MR) is 163 cm³/mol. The maximum absolute atomic E-state index is 14.3. The first-order valence-electron chi connectivity index (χ1n) is 16.3. The van der Waals surface area contributed by atoms with E-state index in [-0.39, 0.29) is 23.8 Å². The van der Waals surface area contributed by atoms with Crippen molar-refractivity contribution in [3.63, 3.8) is 0 Å². The van der Waals surface area contributed by atoms with E-state index in [4.69, 9.17) is 4.74 Å². The molecular weight excluding hydrogens is 528 g/mol. The molecule has 2 bridgehead atoms. The van der Waals surface area contributed by atoms with Crippen molar-refractivity contribution in [2.45, 2.75) is 96.4 Å². The number of piperidine rings is 1. The summed E-state index contributed by atoms with van der Waals surface area (Å²) in [5.41, 5.74) is 1.83. The number of fused-ring (bicyclic) bond motifs is 1. The van der Waals surface area contributed by atoms with Gasteiger partial charge < -0.3 is 25.2 Å². The average molecular weight is 577 g/mol. The van der Waals surface area contributed by atoms with Crippen molar-refractivity contribution in [3.8, 4) is 0 Å². The van der Waals surface area contributed by atoms with Crippen molar-refractivity contribution in [1.29, 1.82) is 0 Å². The van der Waals surface area contributed by atoms with Gasteiger partial charge in [-0.1, -0.05) is 51.3 Å². The molecule has 228 valence electrons. The molecule has 8 nitrogen and oxygen atoms in total. The molecule has 4 fully saturated rings. The topological polar surface area (TPSA) is 91.0 Å². The van der Waals surface area contributed by atoms with E-state index >= 15 is 0 Å². The molecule has 0 radical (unpaired) electrons. The van der Waals surface area contributed by atoms with E-state index < -0.39 is 29.6 Å². The summed E-state index contributed by atoms with van der Waals surface area (Å²) in [7, 11) is 0.